The molecule has 0 unspecified atom stereocenters. The van der Waals surface area contributed by atoms with Gasteiger partial charge in [0.05, 0.1) is 0 Å². The normalized spacial score (nSPS) is 13.2. The molecule has 1 nitrogen and oxygen atoms in total. The molecule has 0 aliphatic carbocycles. The first-order valence-corrected chi connectivity index (χ1v) is 6.50. The van der Waals surface area contributed by atoms with Crippen LogP contribution in [0.15, 0.2) is 22.2 Å². The molecule has 1 aromatic heterocycles. The van der Waals surface area contributed by atoms with Gasteiger partial charge in [0.15, 0.2) is 0 Å². The molecule has 0 saturated carbocycles. The van der Waals surface area contributed by atoms with Gasteiger partial charge in [-0.3, -0.25) is 0 Å². The van der Waals surface area contributed by atoms with E-state index in [1.807, 2.05) is 0 Å². The number of halogens is 6. The van der Waals surface area contributed by atoms with E-state index in [-0.39, 0.29) is 0 Å². The van der Waals surface area contributed by atoms with Gasteiger partial charge in [0.25, 0.3) is 0 Å². The van der Waals surface area contributed by atoms with Gasteiger partial charge in [0.1, 0.15) is 0 Å². The van der Waals surface area contributed by atoms with E-state index in [1.165, 1.54) is 12.4 Å². The molecule has 1 heterocycles. The minimum absolute atomic E-state index is 0.316. The molecule has 0 amide bonds. The summed E-state index contributed by atoms with van der Waals surface area (Å²) in [4.78, 5) is 3.27. The summed E-state index contributed by atoms with van der Waals surface area (Å²) in [5.41, 5.74) is 0. The molecule has 0 aliphatic heterocycles. The molecule has 0 fully saturated rings. The van der Waals surface area contributed by atoms with Crippen LogP contribution in [0.4, 0.5) is 8.78 Å². The molecule has 0 atom stereocenters. The molecular weight excluding hydrogens is 330 g/mol. The summed E-state index contributed by atoms with van der Waals surface area (Å²) in [5.74, 6) is 0. The van der Waals surface area contributed by atoms with E-state index in [2.05, 4.69) is 4.98 Å². The van der Waals surface area contributed by atoms with Crippen LogP contribution in [-0.2, 0) is 0 Å². The Bertz CT molecular complexity index is 302. The smallest absolute Gasteiger partial charge is 0.309 e. The van der Waals surface area contributed by atoms with Crippen molar-refractivity contribution in [1.82, 2.24) is 4.98 Å². The Morgan fingerprint density at radius 3 is 1.53 bits per heavy atom. The topological polar surface area (TPSA) is 15.8 Å². The number of rotatable bonds is 4. The second-order valence-electron chi connectivity index (χ2n) is 2.28. The first-order valence-electron chi connectivity index (χ1n) is 3.36. The molecule has 1 N–H and O–H groups in total. The van der Waals surface area contributed by atoms with Crippen molar-refractivity contribution < 1.29 is 8.78 Å². The van der Waals surface area contributed by atoms with Crippen molar-refractivity contribution in [3.05, 3.63) is 12.4 Å². The van der Waals surface area contributed by atoms with Gasteiger partial charge in [-0.15, -0.1) is 0 Å². The molecule has 0 saturated heterocycles. The highest BCUT2D eigenvalue weighted by Crippen LogP contribution is 2.49. The Morgan fingerprint density at radius 1 is 0.933 bits per heavy atom. The summed E-state index contributed by atoms with van der Waals surface area (Å²) >= 11 is 21.6. The standard InChI is InChI=1S/C6H3Cl4F2NS2/c7-5(8,11)14-3-1-13-2-4(3)15-6(9,10)12/h1-2,13H. The lowest BCUT2D eigenvalue weighted by Crippen LogP contribution is -1.97. The molecule has 86 valence electrons. The first kappa shape index (κ1) is 14.1. The Kier molecular flexibility index (Phi) is 4.79. The second-order valence-corrected chi connectivity index (χ2v) is 8.06. The molecule has 0 bridgehead atoms. The van der Waals surface area contributed by atoms with Crippen molar-refractivity contribution in [2.75, 3.05) is 0 Å². The van der Waals surface area contributed by atoms with Gasteiger partial charge >= 0.3 is 7.84 Å². The molecule has 9 heteroatoms. The zero-order chi connectivity index (χ0) is 11.7. The quantitative estimate of drug-likeness (QED) is 0.593. The van der Waals surface area contributed by atoms with Crippen molar-refractivity contribution in [3.63, 3.8) is 0 Å². The maximum atomic E-state index is 12.9. The number of aromatic amines is 1. The number of hydrogen-bond donors (Lipinski definition) is 1. The minimum Gasteiger partial charge on any atom is -0.366 e. The fourth-order valence-electron chi connectivity index (χ4n) is 0.744. The van der Waals surface area contributed by atoms with Gasteiger partial charge in [0, 0.05) is 22.2 Å². The lowest BCUT2D eigenvalue weighted by atomic mass is 10.7. The summed E-state index contributed by atoms with van der Waals surface area (Å²) < 4.78 is 20.8. The summed E-state index contributed by atoms with van der Waals surface area (Å²) in [7, 11) is 0. The Labute approximate surface area is 113 Å². The van der Waals surface area contributed by atoms with Crippen molar-refractivity contribution in [2.24, 2.45) is 0 Å². The fraction of sp³-hybridized carbons (Fsp3) is 0.333. The molecule has 0 aliphatic rings. The predicted octanol–water partition coefficient (Wildman–Crippen LogP) is 5.32. The van der Waals surface area contributed by atoms with Gasteiger partial charge in [-0.1, -0.05) is 69.9 Å². The van der Waals surface area contributed by atoms with Gasteiger partial charge in [-0.25, -0.2) is 0 Å². The number of nitrogens with one attached hydrogen (secondary N) is 1. The van der Waals surface area contributed by atoms with E-state index in [1.54, 1.807) is 0 Å². The summed E-state index contributed by atoms with van der Waals surface area (Å²) in [6, 6.07) is 0. The van der Waals surface area contributed by atoms with Crippen LogP contribution in [0.3, 0.4) is 0 Å². The molecule has 0 aromatic carbocycles. The Morgan fingerprint density at radius 2 is 1.27 bits per heavy atom. The third-order valence-corrected chi connectivity index (χ3v) is 3.76. The van der Waals surface area contributed by atoms with Gasteiger partial charge in [-0.2, -0.15) is 8.78 Å². The van der Waals surface area contributed by atoms with Crippen LogP contribution >= 0.6 is 69.9 Å². The Balaban J connectivity index is 2.79. The summed E-state index contributed by atoms with van der Waals surface area (Å²) in [6.07, 6.45) is 2.82. The average Bonchev–Trinajstić information content (AvgIpc) is 2.29. The first-order chi connectivity index (χ1) is 6.67. The minimum atomic E-state index is -2.49. The zero-order valence-corrected chi connectivity index (χ0v) is 11.4. The largest absolute Gasteiger partial charge is 0.366 e. The lowest BCUT2D eigenvalue weighted by Gasteiger charge is -2.11. The Hall–Kier alpha value is 1.00. The van der Waals surface area contributed by atoms with E-state index < -0.39 is 7.84 Å². The monoisotopic (exact) mass is 331 g/mol. The average molecular weight is 333 g/mol. The van der Waals surface area contributed by atoms with Crippen LogP contribution in [0.2, 0.25) is 0 Å². The third-order valence-electron chi connectivity index (χ3n) is 1.12. The second kappa shape index (κ2) is 5.10. The maximum absolute atomic E-state index is 12.9. The van der Waals surface area contributed by atoms with E-state index in [4.69, 9.17) is 46.4 Å². The fourth-order valence-corrected chi connectivity index (χ4v) is 3.06. The van der Waals surface area contributed by atoms with Crippen LogP contribution < -0.4 is 0 Å². The molecule has 1 aromatic rings. The molecule has 15 heavy (non-hydrogen) atoms. The van der Waals surface area contributed by atoms with Crippen LogP contribution in [0.5, 0.6) is 0 Å². The number of H-pyrrole nitrogens is 1. The lowest BCUT2D eigenvalue weighted by molar-refractivity contribution is 0.513. The molecule has 0 spiro atoms. The van der Waals surface area contributed by atoms with Crippen LogP contribution in [-0.4, -0.2) is 12.8 Å². The number of aromatic nitrogens is 1. The van der Waals surface area contributed by atoms with Crippen molar-refractivity contribution in [3.8, 4) is 0 Å². The van der Waals surface area contributed by atoms with Crippen LogP contribution in [0.25, 0.3) is 0 Å². The van der Waals surface area contributed by atoms with E-state index in [0.717, 1.165) is 0 Å². The van der Waals surface area contributed by atoms with Crippen LogP contribution in [0.1, 0.15) is 0 Å². The molecule has 0 radical (unpaired) electrons. The van der Waals surface area contributed by atoms with Crippen molar-refractivity contribution in [2.45, 2.75) is 17.6 Å². The number of thioether (sulfide) groups is 2. The highest BCUT2D eigenvalue weighted by Gasteiger charge is 2.30. The molecular formula is C6H3Cl4F2NS2. The number of alkyl halides is 6. The van der Waals surface area contributed by atoms with Crippen molar-refractivity contribution in [1.29, 1.82) is 0 Å². The van der Waals surface area contributed by atoms with Gasteiger partial charge < -0.3 is 4.98 Å². The maximum Gasteiger partial charge on any atom is 0.309 e. The van der Waals surface area contributed by atoms with Gasteiger partial charge in [0.2, 0.25) is 0 Å². The van der Waals surface area contributed by atoms with E-state index >= 15 is 0 Å². The predicted molar refractivity (Wildman–Crippen MR) is 63.6 cm³/mol. The highest BCUT2D eigenvalue weighted by molar-refractivity contribution is 8.06. The SMILES string of the molecule is FC(Cl)(Cl)Sc1c[nH]cc1SC(F)(Cl)Cl. The highest BCUT2D eigenvalue weighted by atomic mass is 35.5. The van der Waals surface area contributed by atoms with Gasteiger partial charge in [-0.05, 0) is 0 Å². The van der Waals surface area contributed by atoms with E-state index in [0.29, 0.717) is 33.3 Å². The van der Waals surface area contributed by atoms with E-state index in [9.17, 15) is 8.78 Å². The summed E-state index contributed by atoms with van der Waals surface area (Å²) in [5, 5.41) is 0. The molecule has 1 rings (SSSR count). The zero-order valence-electron chi connectivity index (χ0n) is 6.74. The number of hydrogen-bond acceptors (Lipinski definition) is 2. The van der Waals surface area contributed by atoms with Crippen molar-refractivity contribution >= 4 is 69.9 Å². The van der Waals surface area contributed by atoms with Crippen LogP contribution in [0, 0.1) is 0 Å². The third kappa shape index (κ3) is 5.75. The summed E-state index contributed by atoms with van der Waals surface area (Å²) in [6.45, 7) is 0.